The van der Waals surface area contributed by atoms with Crippen LogP contribution in [0.15, 0.2) is 0 Å². The van der Waals surface area contributed by atoms with Crippen molar-refractivity contribution in [3.8, 4) is 0 Å². The highest BCUT2D eigenvalue weighted by molar-refractivity contribution is 7.88. The number of nitrogens with one attached hydrogen (secondary N) is 2. The molecule has 6 heteroatoms. The van der Waals surface area contributed by atoms with Gasteiger partial charge < -0.3 is 5.32 Å². The summed E-state index contributed by atoms with van der Waals surface area (Å²) < 4.78 is 23.8. The van der Waals surface area contributed by atoms with Gasteiger partial charge in [-0.3, -0.25) is 4.79 Å². The van der Waals surface area contributed by atoms with E-state index in [-0.39, 0.29) is 11.3 Å². The molecule has 0 radical (unpaired) electrons. The van der Waals surface area contributed by atoms with E-state index in [1.165, 1.54) is 0 Å². The van der Waals surface area contributed by atoms with Gasteiger partial charge >= 0.3 is 0 Å². The zero-order chi connectivity index (χ0) is 12.8. The number of amides is 1. The summed E-state index contributed by atoms with van der Waals surface area (Å²) in [6.45, 7) is 6.85. The van der Waals surface area contributed by atoms with E-state index in [0.29, 0.717) is 25.9 Å². The minimum absolute atomic E-state index is 0.00635. The van der Waals surface area contributed by atoms with Crippen molar-refractivity contribution in [2.24, 2.45) is 5.41 Å². The Morgan fingerprint density at radius 1 is 1.19 bits per heavy atom. The molecule has 96 valence electrons. The van der Waals surface area contributed by atoms with Crippen LogP contribution < -0.4 is 10.0 Å². The van der Waals surface area contributed by atoms with Crippen molar-refractivity contribution in [3.63, 3.8) is 0 Å². The van der Waals surface area contributed by atoms with Gasteiger partial charge in [-0.15, -0.1) is 0 Å². The number of carbonyl (C=O) groups excluding carboxylic acids is 1. The summed E-state index contributed by atoms with van der Waals surface area (Å²) in [5.41, 5.74) is -0.0188. The van der Waals surface area contributed by atoms with Crippen molar-refractivity contribution in [2.75, 3.05) is 19.3 Å². The number of rotatable bonds is 6. The maximum atomic E-state index is 11.4. The quantitative estimate of drug-likeness (QED) is 0.673. The maximum Gasteiger partial charge on any atom is 0.220 e. The molecule has 16 heavy (non-hydrogen) atoms. The average Bonchev–Trinajstić information content (AvgIpc) is 1.97. The van der Waals surface area contributed by atoms with E-state index < -0.39 is 10.0 Å². The first-order chi connectivity index (χ1) is 7.10. The summed E-state index contributed by atoms with van der Waals surface area (Å²) >= 11 is 0. The first-order valence-electron chi connectivity index (χ1n) is 5.31. The molecule has 0 aliphatic heterocycles. The lowest BCUT2D eigenvalue weighted by Gasteiger charge is -2.17. The molecule has 0 unspecified atom stereocenters. The summed E-state index contributed by atoms with van der Waals surface area (Å²) in [6, 6.07) is 0. The third-order valence-electron chi connectivity index (χ3n) is 1.73. The van der Waals surface area contributed by atoms with E-state index in [1.807, 2.05) is 20.8 Å². The highest BCUT2D eigenvalue weighted by Gasteiger charge is 2.15. The molecule has 0 bridgehead atoms. The van der Waals surface area contributed by atoms with Crippen molar-refractivity contribution < 1.29 is 13.2 Å². The molecule has 0 saturated heterocycles. The van der Waals surface area contributed by atoms with E-state index in [1.54, 1.807) is 0 Å². The Morgan fingerprint density at radius 3 is 2.19 bits per heavy atom. The van der Waals surface area contributed by atoms with Crippen molar-refractivity contribution in [1.82, 2.24) is 10.0 Å². The number of sulfonamides is 1. The number of hydrogen-bond acceptors (Lipinski definition) is 3. The van der Waals surface area contributed by atoms with E-state index in [0.717, 1.165) is 6.26 Å². The molecule has 1 amide bonds. The second-order valence-electron chi connectivity index (χ2n) is 5.11. The molecule has 0 aromatic rings. The minimum Gasteiger partial charge on any atom is -0.356 e. The molecule has 0 rings (SSSR count). The van der Waals surface area contributed by atoms with Gasteiger partial charge in [0, 0.05) is 19.5 Å². The molecule has 0 aromatic carbocycles. The fourth-order valence-electron chi connectivity index (χ4n) is 1.12. The summed E-state index contributed by atoms with van der Waals surface area (Å²) in [7, 11) is -3.12. The van der Waals surface area contributed by atoms with Crippen LogP contribution in [-0.2, 0) is 14.8 Å². The van der Waals surface area contributed by atoms with E-state index >= 15 is 0 Å². The molecule has 0 saturated carbocycles. The lowest BCUT2D eigenvalue weighted by Crippen LogP contribution is -2.31. The third kappa shape index (κ3) is 11.5. The Balaban J connectivity index is 3.57. The summed E-state index contributed by atoms with van der Waals surface area (Å²) in [5, 5.41) is 2.75. The van der Waals surface area contributed by atoms with Crippen molar-refractivity contribution in [1.29, 1.82) is 0 Å². The fraction of sp³-hybridized carbons (Fsp3) is 0.900. The van der Waals surface area contributed by atoms with Gasteiger partial charge in [-0.25, -0.2) is 13.1 Å². The van der Waals surface area contributed by atoms with Crippen LogP contribution in [0.25, 0.3) is 0 Å². The van der Waals surface area contributed by atoms with Gasteiger partial charge in [0.1, 0.15) is 0 Å². The van der Waals surface area contributed by atoms with E-state index in [2.05, 4.69) is 10.0 Å². The normalized spacial score (nSPS) is 12.5. The predicted molar refractivity (Wildman–Crippen MR) is 64.5 cm³/mol. The van der Waals surface area contributed by atoms with E-state index in [9.17, 15) is 13.2 Å². The molecule has 5 nitrogen and oxygen atoms in total. The molecule has 0 aromatic heterocycles. The van der Waals surface area contributed by atoms with Crippen LogP contribution in [0.2, 0.25) is 0 Å². The van der Waals surface area contributed by atoms with Gasteiger partial charge in [-0.05, 0) is 11.8 Å². The maximum absolute atomic E-state index is 11.4. The first-order valence-corrected chi connectivity index (χ1v) is 7.21. The SMILES string of the molecule is CC(C)(C)CC(=O)NCCCNS(C)(=O)=O. The molecule has 0 atom stereocenters. The summed E-state index contributed by atoms with van der Waals surface area (Å²) in [4.78, 5) is 11.4. The average molecular weight is 250 g/mol. The minimum atomic E-state index is -3.12. The van der Waals surface area contributed by atoms with Gasteiger partial charge in [-0.1, -0.05) is 20.8 Å². The lowest BCUT2D eigenvalue weighted by molar-refractivity contribution is -0.122. The standard InChI is InChI=1S/C10H22N2O3S/c1-10(2,3)8-9(13)11-6-5-7-12-16(4,14)15/h12H,5-8H2,1-4H3,(H,11,13). The van der Waals surface area contributed by atoms with Crippen LogP contribution >= 0.6 is 0 Å². The second kappa shape index (κ2) is 6.20. The van der Waals surface area contributed by atoms with Crippen LogP contribution in [0, 0.1) is 5.41 Å². The lowest BCUT2D eigenvalue weighted by atomic mass is 9.92. The summed E-state index contributed by atoms with van der Waals surface area (Å²) in [6.07, 6.45) is 2.20. The Morgan fingerprint density at radius 2 is 1.75 bits per heavy atom. The van der Waals surface area contributed by atoms with Crippen LogP contribution in [0.1, 0.15) is 33.6 Å². The molecule has 0 fully saturated rings. The Hall–Kier alpha value is -0.620. The number of hydrogen-bond donors (Lipinski definition) is 2. The highest BCUT2D eigenvalue weighted by atomic mass is 32.2. The molecular formula is C10H22N2O3S. The van der Waals surface area contributed by atoms with Gasteiger partial charge in [-0.2, -0.15) is 0 Å². The van der Waals surface area contributed by atoms with Crippen LogP contribution in [0.4, 0.5) is 0 Å². The summed E-state index contributed by atoms with van der Waals surface area (Å²) in [5.74, 6) is 0.00635. The van der Waals surface area contributed by atoms with Gasteiger partial charge in [0.15, 0.2) is 0 Å². The molecule has 0 aliphatic carbocycles. The Labute approximate surface area is 98.0 Å². The highest BCUT2D eigenvalue weighted by Crippen LogP contribution is 2.17. The van der Waals surface area contributed by atoms with Crippen LogP contribution in [0.3, 0.4) is 0 Å². The van der Waals surface area contributed by atoms with Crippen molar-refractivity contribution >= 4 is 15.9 Å². The molecule has 0 aliphatic rings. The van der Waals surface area contributed by atoms with Gasteiger partial charge in [0.2, 0.25) is 15.9 Å². The number of carbonyl (C=O) groups is 1. The van der Waals surface area contributed by atoms with Crippen molar-refractivity contribution in [2.45, 2.75) is 33.6 Å². The van der Waals surface area contributed by atoms with Crippen molar-refractivity contribution in [3.05, 3.63) is 0 Å². The molecule has 2 N–H and O–H groups in total. The molecule has 0 heterocycles. The third-order valence-corrected chi connectivity index (χ3v) is 2.46. The van der Waals surface area contributed by atoms with Crippen LogP contribution in [-0.4, -0.2) is 33.7 Å². The smallest absolute Gasteiger partial charge is 0.220 e. The molecular weight excluding hydrogens is 228 g/mol. The molecule has 0 spiro atoms. The fourth-order valence-corrected chi connectivity index (χ4v) is 1.63. The van der Waals surface area contributed by atoms with Gasteiger partial charge in [0.05, 0.1) is 6.26 Å². The zero-order valence-corrected chi connectivity index (χ0v) is 11.3. The Kier molecular flexibility index (Phi) is 5.96. The first kappa shape index (κ1) is 15.4. The van der Waals surface area contributed by atoms with E-state index in [4.69, 9.17) is 0 Å². The zero-order valence-electron chi connectivity index (χ0n) is 10.5. The predicted octanol–water partition coefficient (Wildman–Crippen LogP) is 0.478. The topological polar surface area (TPSA) is 75.3 Å². The van der Waals surface area contributed by atoms with Crippen LogP contribution in [0.5, 0.6) is 0 Å². The Bertz CT molecular complexity index is 317. The largest absolute Gasteiger partial charge is 0.356 e. The second-order valence-corrected chi connectivity index (χ2v) is 6.94. The van der Waals surface area contributed by atoms with Gasteiger partial charge in [0.25, 0.3) is 0 Å². The monoisotopic (exact) mass is 250 g/mol.